The summed E-state index contributed by atoms with van der Waals surface area (Å²) < 4.78 is 0. The highest BCUT2D eigenvalue weighted by molar-refractivity contribution is 5.71. The lowest BCUT2D eigenvalue weighted by molar-refractivity contribution is 0.840. The van der Waals surface area contributed by atoms with Gasteiger partial charge in [-0.3, -0.25) is 0 Å². The van der Waals surface area contributed by atoms with E-state index in [0.29, 0.717) is 11.8 Å². The van der Waals surface area contributed by atoms with E-state index in [4.69, 9.17) is 5.73 Å². The number of hydrogen-bond donors (Lipinski definition) is 1. The lowest BCUT2D eigenvalue weighted by atomic mass is 9.89. The van der Waals surface area contributed by atoms with Crippen LogP contribution in [0.3, 0.4) is 0 Å². The fraction of sp³-hybridized carbons (Fsp3) is 0.333. The Morgan fingerprint density at radius 2 is 1.21 bits per heavy atom. The summed E-state index contributed by atoms with van der Waals surface area (Å²) in [5, 5.41) is 0. The van der Waals surface area contributed by atoms with E-state index in [1.54, 1.807) is 0 Å². The highest BCUT2D eigenvalue weighted by Gasteiger charge is 2.13. The van der Waals surface area contributed by atoms with Crippen LogP contribution in [0.5, 0.6) is 0 Å². The first-order valence-corrected chi connectivity index (χ1v) is 6.99. The van der Waals surface area contributed by atoms with E-state index in [2.05, 4.69) is 64.1 Å². The molecule has 2 N–H and O–H groups in total. The maximum atomic E-state index is 6.33. The quantitative estimate of drug-likeness (QED) is 0.749. The zero-order valence-electron chi connectivity index (χ0n) is 12.3. The van der Waals surface area contributed by atoms with Crippen molar-refractivity contribution in [3.63, 3.8) is 0 Å². The summed E-state index contributed by atoms with van der Waals surface area (Å²) in [6.07, 6.45) is 0. The maximum absolute atomic E-state index is 6.33. The van der Waals surface area contributed by atoms with Crippen LogP contribution >= 0.6 is 0 Å². The van der Waals surface area contributed by atoms with E-state index < -0.39 is 0 Å². The van der Waals surface area contributed by atoms with Crippen molar-refractivity contribution in [3.05, 3.63) is 53.6 Å². The molecule has 2 aromatic rings. The van der Waals surface area contributed by atoms with Gasteiger partial charge in [-0.2, -0.15) is 0 Å². The number of rotatable bonds is 3. The molecule has 0 spiro atoms. The fourth-order valence-corrected chi connectivity index (χ4v) is 2.45. The van der Waals surface area contributed by atoms with Gasteiger partial charge in [-0.15, -0.1) is 0 Å². The fourth-order valence-electron chi connectivity index (χ4n) is 2.45. The second kappa shape index (κ2) is 5.48. The van der Waals surface area contributed by atoms with Crippen molar-refractivity contribution in [1.82, 2.24) is 0 Å². The molecule has 100 valence electrons. The Bertz CT molecular complexity index is 524. The van der Waals surface area contributed by atoms with E-state index in [1.807, 2.05) is 6.07 Å². The number of anilines is 1. The van der Waals surface area contributed by atoms with Gasteiger partial charge in [-0.25, -0.2) is 0 Å². The third kappa shape index (κ3) is 2.81. The lowest BCUT2D eigenvalue weighted by Gasteiger charge is -2.19. The van der Waals surface area contributed by atoms with Gasteiger partial charge >= 0.3 is 0 Å². The smallest absolute Gasteiger partial charge is 0.0384 e. The van der Waals surface area contributed by atoms with Gasteiger partial charge in [-0.05, 0) is 46.2 Å². The van der Waals surface area contributed by atoms with Crippen LogP contribution in [0.4, 0.5) is 5.69 Å². The molecule has 0 saturated carbocycles. The van der Waals surface area contributed by atoms with Crippen LogP contribution in [-0.2, 0) is 0 Å². The Morgan fingerprint density at radius 3 is 1.63 bits per heavy atom. The molecule has 19 heavy (non-hydrogen) atoms. The SMILES string of the molecule is CC(C)c1cc(-c2ccccc2)cc(C(C)C)c1N. The molecule has 0 saturated heterocycles. The normalized spacial score (nSPS) is 11.3. The Hall–Kier alpha value is -1.76. The van der Waals surface area contributed by atoms with Gasteiger partial charge in [-0.1, -0.05) is 58.0 Å². The molecule has 2 rings (SSSR count). The van der Waals surface area contributed by atoms with Crippen LogP contribution in [0.25, 0.3) is 11.1 Å². The van der Waals surface area contributed by atoms with Crippen molar-refractivity contribution in [2.45, 2.75) is 39.5 Å². The van der Waals surface area contributed by atoms with E-state index in [0.717, 1.165) is 5.69 Å². The Kier molecular flexibility index (Phi) is 3.94. The predicted molar refractivity (Wildman–Crippen MR) is 84.5 cm³/mol. The number of benzene rings is 2. The molecule has 0 aliphatic heterocycles. The molecule has 0 atom stereocenters. The van der Waals surface area contributed by atoms with Crippen molar-refractivity contribution >= 4 is 5.69 Å². The number of hydrogen-bond acceptors (Lipinski definition) is 1. The first-order chi connectivity index (χ1) is 9.00. The number of nitrogen functional groups attached to an aromatic ring is 1. The standard InChI is InChI=1S/C18H23N/c1-12(2)16-10-15(14-8-6-5-7-9-14)11-17(13(3)4)18(16)19/h5-13H,19H2,1-4H3. The first-order valence-electron chi connectivity index (χ1n) is 6.99. The topological polar surface area (TPSA) is 26.0 Å². The van der Waals surface area contributed by atoms with Crippen molar-refractivity contribution in [2.75, 3.05) is 5.73 Å². The Labute approximate surface area is 116 Å². The van der Waals surface area contributed by atoms with Crippen LogP contribution in [0.2, 0.25) is 0 Å². The molecule has 0 aromatic heterocycles. The summed E-state index contributed by atoms with van der Waals surface area (Å²) in [7, 11) is 0. The van der Waals surface area contributed by atoms with Crippen LogP contribution in [0, 0.1) is 0 Å². The van der Waals surface area contributed by atoms with Gasteiger partial charge in [0.05, 0.1) is 0 Å². The third-order valence-corrected chi connectivity index (χ3v) is 3.60. The Morgan fingerprint density at radius 1 is 0.737 bits per heavy atom. The highest BCUT2D eigenvalue weighted by Crippen LogP contribution is 2.35. The summed E-state index contributed by atoms with van der Waals surface area (Å²) in [5.41, 5.74) is 12.3. The van der Waals surface area contributed by atoms with Crippen molar-refractivity contribution in [3.8, 4) is 11.1 Å². The molecule has 2 aromatic carbocycles. The van der Waals surface area contributed by atoms with Crippen LogP contribution in [-0.4, -0.2) is 0 Å². The molecule has 0 radical (unpaired) electrons. The molecule has 0 bridgehead atoms. The lowest BCUT2D eigenvalue weighted by Crippen LogP contribution is -2.03. The largest absolute Gasteiger partial charge is 0.398 e. The van der Waals surface area contributed by atoms with E-state index in [-0.39, 0.29) is 0 Å². The average Bonchev–Trinajstić information content (AvgIpc) is 2.39. The van der Waals surface area contributed by atoms with Crippen molar-refractivity contribution in [1.29, 1.82) is 0 Å². The van der Waals surface area contributed by atoms with Crippen LogP contribution in [0.15, 0.2) is 42.5 Å². The maximum Gasteiger partial charge on any atom is 0.0384 e. The molecular weight excluding hydrogens is 230 g/mol. The van der Waals surface area contributed by atoms with E-state index in [1.165, 1.54) is 22.3 Å². The number of nitrogens with two attached hydrogens (primary N) is 1. The molecule has 1 heteroatoms. The second-order valence-corrected chi connectivity index (χ2v) is 5.74. The van der Waals surface area contributed by atoms with Gasteiger partial charge in [0.15, 0.2) is 0 Å². The molecule has 0 aliphatic rings. The summed E-state index contributed by atoms with van der Waals surface area (Å²) in [4.78, 5) is 0. The monoisotopic (exact) mass is 253 g/mol. The van der Waals surface area contributed by atoms with Gasteiger partial charge in [0.1, 0.15) is 0 Å². The highest BCUT2D eigenvalue weighted by atomic mass is 14.6. The van der Waals surface area contributed by atoms with Gasteiger partial charge in [0.2, 0.25) is 0 Å². The zero-order chi connectivity index (χ0) is 14.0. The average molecular weight is 253 g/mol. The predicted octanol–water partition coefficient (Wildman–Crippen LogP) is 5.18. The van der Waals surface area contributed by atoms with Crippen LogP contribution < -0.4 is 5.73 Å². The summed E-state index contributed by atoms with van der Waals surface area (Å²) in [6, 6.07) is 15.0. The van der Waals surface area contributed by atoms with E-state index >= 15 is 0 Å². The van der Waals surface area contributed by atoms with Gasteiger partial charge in [0.25, 0.3) is 0 Å². The molecular formula is C18H23N. The molecule has 0 unspecified atom stereocenters. The Balaban J connectivity index is 2.63. The molecule has 0 fully saturated rings. The van der Waals surface area contributed by atoms with Gasteiger partial charge in [0, 0.05) is 5.69 Å². The first kappa shape index (κ1) is 13.7. The summed E-state index contributed by atoms with van der Waals surface area (Å²) in [6.45, 7) is 8.80. The molecule has 0 aliphatic carbocycles. The summed E-state index contributed by atoms with van der Waals surface area (Å²) >= 11 is 0. The minimum absolute atomic E-state index is 0.446. The third-order valence-electron chi connectivity index (χ3n) is 3.60. The van der Waals surface area contributed by atoms with Crippen molar-refractivity contribution < 1.29 is 0 Å². The molecule has 1 nitrogen and oxygen atoms in total. The minimum atomic E-state index is 0.446. The van der Waals surface area contributed by atoms with Crippen molar-refractivity contribution in [2.24, 2.45) is 0 Å². The zero-order valence-corrected chi connectivity index (χ0v) is 12.3. The summed E-state index contributed by atoms with van der Waals surface area (Å²) in [5.74, 6) is 0.891. The molecule has 0 amide bonds. The second-order valence-electron chi connectivity index (χ2n) is 5.74. The van der Waals surface area contributed by atoms with E-state index in [9.17, 15) is 0 Å². The van der Waals surface area contributed by atoms with Crippen LogP contribution in [0.1, 0.15) is 50.7 Å². The van der Waals surface area contributed by atoms with Gasteiger partial charge < -0.3 is 5.73 Å². The molecule has 0 heterocycles. The minimum Gasteiger partial charge on any atom is -0.398 e.